The summed E-state index contributed by atoms with van der Waals surface area (Å²) in [7, 11) is 0. The molecule has 2 amide bonds. The number of rotatable bonds is 6. The molecule has 1 aromatic heterocycles. The van der Waals surface area contributed by atoms with E-state index in [9.17, 15) is 9.59 Å². The minimum Gasteiger partial charge on any atom is -0.484 e. The predicted octanol–water partition coefficient (Wildman–Crippen LogP) is 4.82. The van der Waals surface area contributed by atoms with E-state index in [4.69, 9.17) is 9.73 Å². The van der Waals surface area contributed by atoms with E-state index >= 15 is 0 Å². The fourth-order valence-electron chi connectivity index (χ4n) is 3.65. The first-order chi connectivity index (χ1) is 16.6. The summed E-state index contributed by atoms with van der Waals surface area (Å²) in [4.78, 5) is 33.3. The molecule has 0 radical (unpaired) electrons. The number of benzene rings is 3. The van der Waals surface area contributed by atoms with Gasteiger partial charge in [0.25, 0.3) is 11.8 Å². The van der Waals surface area contributed by atoms with E-state index < -0.39 is 5.91 Å². The van der Waals surface area contributed by atoms with Gasteiger partial charge in [0.15, 0.2) is 11.8 Å². The molecule has 0 spiro atoms. The Morgan fingerprint density at radius 1 is 1.06 bits per heavy atom. The quantitative estimate of drug-likeness (QED) is 0.423. The Balaban J connectivity index is 1.41. The highest BCUT2D eigenvalue weighted by Gasteiger charge is 2.31. The molecule has 8 heteroatoms. The Bertz CT molecular complexity index is 1380. The van der Waals surface area contributed by atoms with Crippen LogP contribution in [0.25, 0.3) is 22.2 Å². The number of aromatic amines is 1. The third-order valence-corrected chi connectivity index (χ3v) is 6.26. The highest BCUT2D eigenvalue weighted by Crippen LogP contribution is 2.38. The second-order valence-electron chi connectivity index (χ2n) is 7.81. The third-order valence-electron chi connectivity index (χ3n) is 5.34. The topological polar surface area (TPSA) is 86.8 Å². The van der Waals surface area contributed by atoms with Gasteiger partial charge in [-0.3, -0.25) is 15.0 Å². The monoisotopic (exact) mass is 470 g/mol. The average Bonchev–Trinajstić information content (AvgIpc) is 3.40. The molecule has 170 valence electrons. The van der Waals surface area contributed by atoms with Crippen LogP contribution in [0, 0.1) is 6.92 Å². The molecule has 1 fully saturated rings. The Hall–Kier alpha value is -4.04. The molecule has 1 aliphatic rings. The zero-order valence-corrected chi connectivity index (χ0v) is 19.3. The summed E-state index contributed by atoms with van der Waals surface area (Å²) in [6.07, 6.45) is 0. The molecule has 0 aliphatic carbocycles. The van der Waals surface area contributed by atoms with Crippen molar-refractivity contribution in [3.8, 4) is 17.0 Å². The number of aryl methyl sites for hydroxylation is 1. The van der Waals surface area contributed by atoms with E-state index in [1.807, 2.05) is 73.7 Å². The van der Waals surface area contributed by atoms with Crippen molar-refractivity contribution in [2.75, 3.05) is 12.4 Å². The van der Waals surface area contributed by atoms with E-state index in [-0.39, 0.29) is 18.3 Å². The Morgan fingerprint density at radius 2 is 1.79 bits per heavy atom. The number of hydrogen-bond acceptors (Lipinski definition) is 5. The predicted molar refractivity (Wildman–Crippen MR) is 135 cm³/mol. The minimum atomic E-state index is -0.439. The largest absolute Gasteiger partial charge is 0.484 e. The van der Waals surface area contributed by atoms with E-state index in [1.165, 1.54) is 16.8 Å². The molecule has 7 nitrogen and oxygen atoms in total. The van der Waals surface area contributed by atoms with Gasteiger partial charge in [0.05, 0.1) is 17.1 Å². The SMILES string of the molecule is Cc1ccc(OCC(=O)NN2C(=O)CSC2=Nc2c(-c3ccccc3)[nH]c3ccccc23)cc1. The van der Waals surface area contributed by atoms with Crippen LogP contribution in [0.1, 0.15) is 5.56 Å². The Kier molecular flexibility index (Phi) is 6.05. The van der Waals surface area contributed by atoms with Crippen molar-refractivity contribution in [2.45, 2.75) is 6.92 Å². The molecule has 2 N–H and O–H groups in total. The van der Waals surface area contributed by atoms with Gasteiger partial charge in [-0.05, 0) is 25.1 Å². The number of amidine groups is 1. The van der Waals surface area contributed by atoms with E-state index in [0.717, 1.165) is 27.7 Å². The number of amides is 2. The van der Waals surface area contributed by atoms with Crippen LogP contribution in [0.15, 0.2) is 83.9 Å². The van der Waals surface area contributed by atoms with E-state index in [2.05, 4.69) is 10.4 Å². The summed E-state index contributed by atoms with van der Waals surface area (Å²) in [6.45, 7) is 1.76. The number of thioether (sulfide) groups is 1. The van der Waals surface area contributed by atoms with Gasteiger partial charge in [-0.2, -0.15) is 5.01 Å². The van der Waals surface area contributed by atoms with Gasteiger partial charge in [-0.1, -0.05) is 78.0 Å². The normalized spacial score (nSPS) is 14.7. The molecule has 0 unspecified atom stereocenters. The third kappa shape index (κ3) is 4.53. The van der Waals surface area contributed by atoms with Gasteiger partial charge in [0.1, 0.15) is 5.75 Å². The molecule has 2 heterocycles. The van der Waals surface area contributed by atoms with Crippen molar-refractivity contribution in [1.82, 2.24) is 15.4 Å². The Labute approximate surface area is 200 Å². The maximum atomic E-state index is 12.5. The lowest BCUT2D eigenvalue weighted by Crippen LogP contribution is -2.47. The van der Waals surface area contributed by atoms with Crippen LogP contribution in [-0.4, -0.2) is 39.3 Å². The van der Waals surface area contributed by atoms with Crippen LogP contribution in [0.2, 0.25) is 0 Å². The van der Waals surface area contributed by atoms with Gasteiger partial charge in [0.2, 0.25) is 0 Å². The number of hydrogen-bond donors (Lipinski definition) is 2. The van der Waals surface area contributed by atoms with Crippen molar-refractivity contribution in [3.05, 3.63) is 84.4 Å². The first-order valence-corrected chi connectivity index (χ1v) is 11.8. The van der Waals surface area contributed by atoms with Crippen LogP contribution >= 0.6 is 11.8 Å². The van der Waals surface area contributed by atoms with Crippen molar-refractivity contribution < 1.29 is 14.3 Å². The van der Waals surface area contributed by atoms with Gasteiger partial charge in [-0.15, -0.1) is 0 Å². The van der Waals surface area contributed by atoms with Crippen LogP contribution < -0.4 is 10.2 Å². The first kappa shape index (κ1) is 21.8. The summed E-state index contributed by atoms with van der Waals surface area (Å²) < 4.78 is 5.54. The zero-order valence-electron chi connectivity index (χ0n) is 18.4. The highest BCUT2D eigenvalue weighted by atomic mass is 32.2. The second kappa shape index (κ2) is 9.44. The van der Waals surface area contributed by atoms with Gasteiger partial charge < -0.3 is 9.72 Å². The molecule has 1 aliphatic heterocycles. The lowest BCUT2D eigenvalue weighted by molar-refractivity contribution is -0.135. The van der Waals surface area contributed by atoms with Gasteiger partial charge in [-0.25, -0.2) is 4.99 Å². The maximum absolute atomic E-state index is 12.5. The number of para-hydroxylation sites is 1. The van der Waals surface area contributed by atoms with E-state index in [1.54, 1.807) is 12.1 Å². The summed E-state index contributed by atoms with van der Waals surface area (Å²) >= 11 is 1.28. The molecule has 1 saturated heterocycles. The van der Waals surface area contributed by atoms with Crippen LogP contribution in [0.3, 0.4) is 0 Å². The standard InChI is InChI=1S/C26H22N4O3S/c1-17-11-13-19(14-12-17)33-15-22(31)29-30-23(32)16-34-26(30)28-25-20-9-5-6-10-21(20)27-24(25)18-7-3-2-4-8-18/h2-14,27H,15-16H2,1H3,(H,29,31). The van der Waals surface area contributed by atoms with Gasteiger partial charge in [0, 0.05) is 16.5 Å². The van der Waals surface area contributed by atoms with Crippen molar-refractivity contribution in [2.24, 2.45) is 4.99 Å². The number of aliphatic imine (C=N–C) groups is 1. The van der Waals surface area contributed by atoms with Crippen LogP contribution in [-0.2, 0) is 9.59 Å². The van der Waals surface area contributed by atoms with Crippen LogP contribution in [0.4, 0.5) is 5.69 Å². The first-order valence-electron chi connectivity index (χ1n) is 10.8. The summed E-state index contributed by atoms with van der Waals surface area (Å²) in [5.41, 5.74) is 7.23. The van der Waals surface area contributed by atoms with Crippen molar-refractivity contribution in [1.29, 1.82) is 0 Å². The number of H-pyrrole nitrogens is 1. The molecule has 34 heavy (non-hydrogen) atoms. The molecule has 3 aromatic carbocycles. The molecule has 0 atom stereocenters. The highest BCUT2D eigenvalue weighted by molar-refractivity contribution is 8.15. The molecule has 5 rings (SSSR count). The number of ether oxygens (including phenoxy) is 1. The summed E-state index contributed by atoms with van der Waals surface area (Å²) in [5.74, 6) is 0.101. The molecule has 0 bridgehead atoms. The van der Waals surface area contributed by atoms with Crippen molar-refractivity contribution in [3.63, 3.8) is 0 Å². The number of nitrogens with one attached hydrogen (secondary N) is 2. The fourth-order valence-corrected chi connectivity index (χ4v) is 4.46. The fraction of sp³-hybridized carbons (Fsp3) is 0.115. The number of fused-ring (bicyclic) bond motifs is 1. The molecule has 4 aromatic rings. The van der Waals surface area contributed by atoms with E-state index in [0.29, 0.717) is 16.6 Å². The van der Waals surface area contributed by atoms with Gasteiger partial charge >= 0.3 is 0 Å². The Morgan fingerprint density at radius 3 is 2.59 bits per heavy atom. The number of aromatic nitrogens is 1. The number of hydrazine groups is 1. The summed E-state index contributed by atoms with van der Waals surface area (Å²) in [6, 6.07) is 25.2. The number of nitrogens with zero attached hydrogens (tertiary/aromatic N) is 2. The zero-order chi connectivity index (χ0) is 23.5. The molecule has 0 saturated carbocycles. The summed E-state index contributed by atoms with van der Waals surface area (Å²) in [5, 5.41) is 2.56. The minimum absolute atomic E-state index is 0.195. The average molecular weight is 471 g/mol. The lowest BCUT2D eigenvalue weighted by Gasteiger charge is -2.17. The number of carbonyl (C=O) groups is 2. The number of carbonyl (C=O) groups excluding carboxylic acids is 2. The smallest absolute Gasteiger partial charge is 0.276 e. The second-order valence-corrected chi connectivity index (χ2v) is 8.75. The maximum Gasteiger partial charge on any atom is 0.276 e. The lowest BCUT2D eigenvalue weighted by atomic mass is 10.1. The van der Waals surface area contributed by atoms with Crippen molar-refractivity contribution >= 4 is 45.3 Å². The molecular weight excluding hydrogens is 448 g/mol. The van der Waals surface area contributed by atoms with Crippen LogP contribution in [0.5, 0.6) is 5.75 Å². The molecular formula is C26H22N4O3S.